The zero-order chi connectivity index (χ0) is 22.5. The third kappa shape index (κ3) is 6.65. The number of hydrogen-bond donors (Lipinski definition) is 1. The first-order valence-corrected chi connectivity index (χ1v) is 10.9. The minimum absolute atomic E-state index is 0.138. The van der Waals surface area contributed by atoms with Crippen LogP contribution in [0.2, 0.25) is 0 Å². The Hall–Kier alpha value is -2.75. The fraction of sp³-hybridized carbons (Fsp3) is 0.350. The van der Waals surface area contributed by atoms with Gasteiger partial charge in [0.1, 0.15) is 18.9 Å². The molecule has 1 atom stereocenters. The van der Waals surface area contributed by atoms with Crippen LogP contribution < -0.4 is 14.4 Å². The summed E-state index contributed by atoms with van der Waals surface area (Å²) in [6.45, 7) is 3.02. The molecule has 1 amide bonds. The topological polar surface area (TPSA) is 75.7 Å². The monoisotopic (exact) mass is 444 g/mol. The van der Waals surface area contributed by atoms with E-state index in [1.807, 2.05) is 25.1 Å². The van der Waals surface area contributed by atoms with E-state index in [9.17, 15) is 26.4 Å². The molecule has 0 fully saturated rings. The summed E-state index contributed by atoms with van der Waals surface area (Å²) in [6, 6.07) is 10.7. The number of alkyl halides is 3. The Labute approximate surface area is 173 Å². The molecule has 164 valence electrons. The number of nitrogens with zero attached hydrogens (tertiary/aromatic N) is 1. The molecule has 0 bridgehead atoms. The predicted octanol–water partition coefficient (Wildman–Crippen LogP) is 3.36. The molecule has 1 unspecified atom stereocenters. The van der Waals surface area contributed by atoms with Crippen molar-refractivity contribution >= 4 is 21.6 Å². The molecule has 0 aromatic heterocycles. The van der Waals surface area contributed by atoms with E-state index in [2.05, 4.69) is 5.32 Å². The van der Waals surface area contributed by atoms with Gasteiger partial charge in [0.2, 0.25) is 15.9 Å². The van der Waals surface area contributed by atoms with Gasteiger partial charge in [-0.2, -0.15) is 13.2 Å². The molecule has 0 radical (unpaired) electrons. The van der Waals surface area contributed by atoms with Crippen LogP contribution in [0.25, 0.3) is 0 Å². The van der Waals surface area contributed by atoms with Crippen molar-refractivity contribution in [3.05, 3.63) is 59.7 Å². The molecule has 30 heavy (non-hydrogen) atoms. The van der Waals surface area contributed by atoms with E-state index < -0.39 is 40.3 Å². The normalized spacial score (nSPS) is 12.9. The van der Waals surface area contributed by atoms with E-state index in [-0.39, 0.29) is 12.3 Å². The third-order valence-corrected chi connectivity index (χ3v) is 5.28. The van der Waals surface area contributed by atoms with Crippen LogP contribution >= 0.6 is 0 Å². The summed E-state index contributed by atoms with van der Waals surface area (Å²) in [4.78, 5) is 12.3. The van der Waals surface area contributed by atoms with Gasteiger partial charge in [0.25, 0.3) is 0 Å². The number of halogens is 3. The zero-order valence-electron chi connectivity index (χ0n) is 16.7. The van der Waals surface area contributed by atoms with Crippen LogP contribution in [0.5, 0.6) is 5.75 Å². The lowest BCUT2D eigenvalue weighted by molar-refractivity contribution is -0.137. The average molecular weight is 444 g/mol. The number of anilines is 1. The highest BCUT2D eigenvalue weighted by atomic mass is 32.2. The standard InChI is InChI=1S/C20H23F3N2O4S/c1-14-7-4-5-10-18(14)29-13-15(2)24-19(26)12-25(30(3,27)28)17-9-6-8-16(11-17)20(21,22)23/h4-11,15H,12-13H2,1-3H3,(H,24,26). The molecule has 0 aliphatic rings. The molecule has 0 heterocycles. The number of carbonyl (C=O) groups is 1. The van der Waals surface area contributed by atoms with Gasteiger partial charge in [-0.15, -0.1) is 0 Å². The molecular weight excluding hydrogens is 421 g/mol. The molecule has 0 spiro atoms. The highest BCUT2D eigenvalue weighted by Crippen LogP contribution is 2.32. The smallest absolute Gasteiger partial charge is 0.416 e. The average Bonchev–Trinajstić information content (AvgIpc) is 2.64. The van der Waals surface area contributed by atoms with Gasteiger partial charge in [-0.1, -0.05) is 24.3 Å². The SMILES string of the molecule is Cc1ccccc1OCC(C)NC(=O)CN(c1cccc(C(F)(F)F)c1)S(C)(=O)=O. The highest BCUT2D eigenvalue weighted by molar-refractivity contribution is 7.92. The largest absolute Gasteiger partial charge is 0.491 e. The maximum absolute atomic E-state index is 13.0. The lowest BCUT2D eigenvalue weighted by Crippen LogP contribution is -2.45. The molecule has 0 saturated heterocycles. The number of sulfonamides is 1. The summed E-state index contributed by atoms with van der Waals surface area (Å²) in [7, 11) is -4.00. The maximum atomic E-state index is 13.0. The summed E-state index contributed by atoms with van der Waals surface area (Å²) in [5.41, 5.74) is -0.329. The molecule has 10 heteroatoms. The van der Waals surface area contributed by atoms with Crippen molar-refractivity contribution in [2.75, 3.05) is 23.7 Å². The molecule has 0 saturated carbocycles. The van der Waals surface area contributed by atoms with E-state index >= 15 is 0 Å². The summed E-state index contributed by atoms with van der Waals surface area (Å²) < 4.78 is 69.3. The number of amides is 1. The first-order chi connectivity index (χ1) is 13.9. The Bertz CT molecular complexity index is 994. The summed E-state index contributed by atoms with van der Waals surface area (Å²) in [5.74, 6) is -0.0148. The number of para-hydroxylation sites is 1. The van der Waals surface area contributed by atoms with Crippen molar-refractivity contribution < 1.29 is 31.1 Å². The number of benzene rings is 2. The number of carbonyl (C=O) groups excluding carboxylic acids is 1. The summed E-state index contributed by atoms with van der Waals surface area (Å²) in [5, 5.41) is 2.59. The number of rotatable bonds is 8. The molecule has 2 aromatic carbocycles. The molecule has 2 rings (SSSR count). The van der Waals surface area contributed by atoms with Gasteiger partial charge in [-0.05, 0) is 43.7 Å². The fourth-order valence-corrected chi connectivity index (χ4v) is 3.51. The summed E-state index contributed by atoms with van der Waals surface area (Å²) >= 11 is 0. The Morgan fingerprint density at radius 2 is 1.83 bits per heavy atom. The number of ether oxygens (including phenoxy) is 1. The highest BCUT2D eigenvalue weighted by Gasteiger charge is 2.32. The van der Waals surface area contributed by atoms with Crippen LogP contribution in [0.1, 0.15) is 18.1 Å². The van der Waals surface area contributed by atoms with Gasteiger partial charge in [-0.3, -0.25) is 9.10 Å². The number of hydrogen-bond acceptors (Lipinski definition) is 4. The van der Waals surface area contributed by atoms with Crippen molar-refractivity contribution in [1.29, 1.82) is 0 Å². The van der Waals surface area contributed by atoms with Crippen LogP contribution in [-0.2, 0) is 21.0 Å². The second kappa shape index (κ2) is 9.38. The van der Waals surface area contributed by atoms with Crippen molar-refractivity contribution in [2.45, 2.75) is 26.1 Å². The van der Waals surface area contributed by atoms with Crippen LogP contribution in [0.3, 0.4) is 0 Å². The first kappa shape index (κ1) is 23.5. The Morgan fingerprint density at radius 1 is 1.17 bits per heavy atom. The Kier molecular flexibility index (Phi) is 7.35. The Balaban J connectivity index is 2.07. The van der Waals surface area contributed by atoms with E-state index in [4.69, 9.17) is 4.74 Å². The quantitative estimate of drug-likeness (QED) is 0.678. The second-order valence-electron chi connectivity index (χ2n) is 6.86. The first-order valence-electron chi connectivity index (χ1n) is 9.00. The van der Waals surface area contributed by atoms with Crippen LogP contribution in [0, 0.1) is 6.92 Å². The van der Waals surface area contributed by atoms with Crippen LogP contribution in [0.4, 0.5) is 18.9 Å². The molecule has 1 N–H and O–H groups in total. The number of aryl methyl sites for hydroxylation is 1. The lowest BCUT2D eigenvalue weighted by atomic mass is 10.2. The predicted molar refractivity (Wildman–Crippen MR) is 108 cm³/mol. The molecule has 0 aliphatic heterocycles. The van der Waals surface area contributed by atoms with E-state index in [1.54, 1.807) is 13.0 Å². The maximum Gasteiger partial charge on any atom is 0.416 e. The third-order valence-electron chi connectivity index (χ3n) is 4.14. The number of nitrogens with one attached hydrogen (secondary N) is 1. The lowest BCUT2D eigenvalue weighted by Gasteiger charge is -2.24. The fourth-order valence-electron chi connectivity index (χ4n) is 2.66. The van der Waals surface area contributed by atoms with Crippen molar-refractivity contribution in [3.63, 3.8) is 0 Å². The van der Waals surface area contributed by atoms with Crippen molar-refractivity contribution in [2.24, 2.45) is 0 Å². The van der Waals surface area contributed by atoms with Gasteiger partial charge in [0.05, 0.1) is 23.5 Å². The van der Waals surface area contributed by atoms with Crippen molar-refractivity contribution in [3.8, 4) is 5.75 Å². The molecule has 6 nitrogen and oxygen atoms in total. The van der Waals surface area contributed by atoms with Gasteiger partial charge < -0.3 is 10.1 Å². The second-order valence-corrected chi connectivity index (χ2v) is 8.77. The molecule has 0 aliphatic carbocycles. The van der Waals surface area contributed by atoms with E-state index in [0.29, 0.717) is 16.1 Å². The summed E-state index contributed by atoms with van der Waals surface area (Å²) in [6.07, 6.45) is -3.81. The van der Waals surface area contributed by atoms with Gasteiger partial charge in [0.15, 0.2) is 0 Å². The minimum atomic E-state index is -4.64. The van der Waals surface area contributed by atoms with Crippen LogP contribution in [0.15, 0.2) is 48.5 Å². The molecule has 2 aromatic rings. The van der Waals surface area contributed by atoms with E-state index in [1.165, 1.54) is 6.07 Å². The van der Waals surface area contributed by atoms with Gasteiger partial charge >= 0.3 is 6.18 Å². The van der Waals surface area contributed by atoms with E-state index in [0.717, 1.165) is 24.0 Å². The van der Waals surface area contributed by atoms with Crippen LogP contribution in [-0.4, -0.2) is 39.8 Å². The van der Waals surface area contributed by atoms with Crippen molar-refractivity contribution in [1.82, 2.24) is 5.32 Å². The minimum Gasteiger partial charge on any atom is -0.491 e. The van der Waals surface area contributed by atoms with Gasteiger partial charge in [-0.25, -0.2) is 8.42 Å². The zero-order valence-corrected chi connectivity index (χ0v) is 17.5. The Morgan fingerprint density at radius 3 is 2.43 bits per heavy atom. The molecular formula is C20H23F3N2O4S. The van der Waals surface area contributed by atoms with Gasteiger partial charge in [0, 0.05) is 0 Å².